The Bertz CT molecular complexity index is 1620. The lowest BCUT2D eigenvalue weighted by Crippen LogP contribution is -2.52. The van der Waals surface area contributed by atoms with E-state index >= 15 is 0 Å². The first-order valence-electron chi connectivity index (χ1n) is 16.4. The van der Waals surface area contributed by atoms with Crippen LogP contribution in [0, 0.1) is 5.92 Å². The van der Waals surface area contributed by atoms with E-state index in [9.17, 15) is 14.4 Å². The Morgan fingerprint density at radius 2 is 1.55 bits per heavy atom. The zero-order valence-electron chi connectivity index (χ0n) is 26.5. The normalized spacial score (nSPS) is 18.9. The Hall–Kier alpha value is -4.95. The van der Waals surface area contributed by atoms with Gasteiger partial charge in [0.15, 0.2) is 0 Å². The molecule has 2 amide bonds. The topological polar surface area (TPSA) is 88.2 Å². The molecule has 1 N–H and O–H groups in total. The van der Waals surface area contributed by atoms with Gasteiger partial charge in [-0.05, 0) is 78.4 Å². The van der Waals surface area contributed by atoms with Gasteiger partial charge in [0, 0.05) is 31.6 Å². The van der Waals surface area contributed by atoms with Gasteiger partial charge < -0.3 is 24.5 Å². The second kappa shape index (κ2) is 15.6. The molecule has 3 aliphatic heterocycles. The predicted octanol–water partition coefficient (Wildman–Crippen LogP) is 6.41. The molecule has 2 atom stereocenters. The van der Waals surface area contributed by atoms with Gasteiger partial charge in [-0.1, -0.05) is 84.9 Å². The molecule has 2 bridgehead atoms. The fourth-order valence-corrected chi connectivity index (χ4v) is 6.48. The number of carbonyl (C=O) groups is 3. The van der Waals surface area contributed by atoms with Crippen LogP contribution in [-0.4, -0.2) is 60.4 Å². The summed E-state index contributed by atoms with van der Waals surface area (Å²) < 4.78 is 12.1. The van der Waals surface area contributed by atoms with Crippen molar-refractivity contribution in [2.45, 2.75) is 44.6 Å². The quantitative estimate of drug-likeness (QED) is 0.172. The van der Waals surface area contributed by atoms with Gasteiger partial charge in [0.1, 0.15) is 24.7 Å². The summed E-state index contributed by atoms with van der Waals surface area (Å²) in [5, 5.41) is 3.12. The van der Waals surface area contributed by atoms with Crippen molar-refractivity contribution in [1.29, 1.82) is 0 Å². The second-order valence-electron chi connectivity index (χ2n) is 12.3. The molecule has 8 heteroatoms. The molecule has 0 unspecified atom stereocenters. The molecule has 4 aromatic carbocycles. The molecule has 47 heavy (non-hydrogen) atoms. The minimum absolute atomic E-state index is 0.0754. The lowest BCUT2D eigenvalue weighted by molar-refractivity contribution is -0.108. The maximum absolute atomic E-state index is 13.3. The Morgan fingerprint density at radius 1 is 0.851 bits per heavy atom. The number of benzene rings is 4. The number of rotatable bonds is 13. The Morgan fingerprint density at radius 3 is 2.23 bits per heavy atom. The van der Waals surface area contributed by atoms with Crippen LogP contribution in [0.5, 0.6) is 5.75 Å². The molecular weight excluding hydrogens is 590 g/mol. The number of ether oxygens (including phenoxy) is 2. The van der Waals surface area contributed by atoms with Gasteiger partial charge in [0.2, 0.25) is 0 Å². The molecule has 0 saturated carbocycles. The van der Waals surface area contributed by atoms with Gasteiger partial charge in [-0.25, -0.2) is 4.79 Å². The molecule has 0 spiro atoms. The van der Waals surface area contributed by atoms with E-state index in [-0.39, 0.29) is 18.4 Å². The van der Waals surface area contributed by atoms with Crippen LogP contribution in [-0.2, 0) is 22.7 Å². The highest BCUT2D eigenvalue weighted by atomic mass is 16.6. The van der Waals surface area contributed by atoms with Gasteiger partial charge in [0.05, 0.1) is 6.04 Å². The van der Waals surface area contributed by atoms with Crippen molar-refractivity contribution in [1.82, 2.24) is 15.1 Å². The highest BCUT2D eigenvalue weighted by Crippen LogP contribution is 2.31. The number of alkyl carbamates (subject to hydrolysis) is 1. The summed E-state index contributed by atoms with van der Waals surface area (Å²) in [5.41, 5.74) is 4.31. The highest BCUT2D eigenvalue weighted by Gasteiger charge is 2.37. The fourth-order valence-electron chi connectivity index (χ4n) is 6.48. The monoisotopic (exact) mass is 631 g/mol. The molecule has 3 heterocycles. The lowest BCUT2D eigenvalue weighted by atomic mass is 9.86. The van der Waals surface area contributed by atoms with Crippen LogP contribution in [0.1, 0.15) is 57.9 Å². The molecular formula is C39H41N3O5. The number of piperidine rings is 3. The Labute approximate surface area is 276 Å². The van der Waals surface area contributed by atoms with Crippen LogP contribution < -0.4 is 10.1 Å². The van der Waals surface area contributed by atoms with Crippen molar-refractivity contribution >= 4 is 18.3 Å². The zero-order valence-corrected chi connectivity index (χ0v) is 26.5. The molecule has 0 aromatic heterocycles. The molecule has 7 rings (SSSR count). The van der Waals surface area contributed by atoms with E-state index in [1.54, 1.807) is 17.0 Å². The first-order chi connectivity index (χ1) is 23.1. The average Bonchev–Trinajstić information content (AvgIpc) is 3.13. The van der Waals surface area contributed by atoms with Crippen LogP contribution in [0.3, 0.4) is 0 Å². The second-order valence-corrected chi connectivity index (χ2v) is 12.3. The van der Waals surface area contributed by atoms with Gasteiger partial charge >= 0.3 is 6.09 Å². The van der Waals surface area contributed by atoms with Crippen LogP contribution in [0.25, 0.3) is 0 Å². The van der Waals surface area contributed by atoms with Gasteiger partial charge in [-0.15, -0.1) is 0 Å². The largest absolute Gasteiger partial charge is 0.489 e. The van der Waals surface area contributed by atoms with Gasteiger partial charge in [-0.2, -0.15) is 0 Å². The van der Waals surface area contributed by atoms with E-state index in [1.165, 1.54) is 0 Å². The molecule has 0 aliphatic carbocycles. The first kappa shape index (κ1) is 32.0. The Balaban J connectivity index is 1.10. The molecule has 0 radical (unpaired) electrons. The smallest absolute Gasteiger partial charge is 0.408 e. The number of hydrogen-bond acceptors (Lipinski definition) is 6. The Kier molecular flexibility index (Phi) is 10.6. The van der Waals surface area contributed by atoms with E-state index < -0.39 is 12.1 Å². The predicted molar refractivity (Wildman–Crippen MR) is 180 cm³/mol. The van der Waals surface area contributed by atoms with Crippen molar-refractivity contribution in [3.05, 3.63) is 137 Å². The zero-order chi connectivity index (χ0) is 32.4. The third-order valence-electron chi connectivity index (χ3n) is 9.07. The average molecular weight is 632 g/mol. The van der Waals surface area contributed by atoms with E-state index in [2.05, 4.69) is 10.2 Å². The summed E-state index contributed by atoms with van der Waals surface area (Å²) in [6.45, 7) is 4.08. The molecule has 4 aromatic rings. The van der Waals surface area contributed by atoms with Crippen LogP contribution >= 0.6 is 0 Å². The van der Waals surface area contributed by atoms with Gasteiger partial charge in [-0.3, -0.25) is 9.69 Å². The summed E-state index contributed by atoms with van der Waals surface area (Å²) in [6, 6.07) is 34.3. The summed E-state index contributed by atoms with van der Waals surface area (Å²) in [6.07, 6.45) is 2.79. The van der Waals surface area contributed by atoms with Crippen molar-refractivity contribution in [2.75, 3.05) is 26.2 Å². The van der Waals surface area contributed by atoms with Crippen molar-refractivity contribution in [2.24, 2.45) is 5.92 Å². The van der Waals surface area contributed by atoms with E-state index in [0.29, 0.717) is 36.9 Å². The minimum Gasteiger partial charge on any atom is -0.489 e. The third-order valence-corrected chi connectivity index (χ3v) is 9.07. The molecule has 3 aliphatic rings. The van der Waals surface area contributed by atoms with Crippen LogP contribution in [0.15, 0.2) is 109 Å². The molecule has 242 valence electrons. The number of fused-ring (bicyclic) bond motifs is 3. The SMILES string of the molecule is O=CCCN(Cc1ccccc1)C(=O)c1ccc(COc2cccc([C@@H](NC(=O)O[C@H]3CN4CCC3CC4)c3ccccc3)c2)cc1. The summed E-state index contributed by atoms with van der Waals surface area (Å²) in [5.74, 6) is 0.974. The number of hydrogen-bond donors (Lipinski definition) is 1. The third kappa shape index (κ3) is 8.45. The van der Waals surface area contributed by atoms with Crippen molar-refractivity contribution < 1.29 is 23.9 Å². The van der Waals surface area contributed by atoms with E-state index in [1.807, 2.05) is 97.1 Å². The fraction of sp³-hybridized carbons (Fsp3) is 0.308. The number of nitrogens with zero attached hydrogens (tertiary/aromatic N) is 2. The van der Waals surface area contributed by atoms with E-state index in [4.69, 9.17) is 9.47 Å². The number of amides is 2. The standard InChI is InChI=1S/C39H41N3O5/c43-24-8-21-42(26-29-9-3-1-4-10-29)38(44)33-17-15-30(16-18-33)28-46-35-14-7-13-34(25-35)37(32-11-5-2-6-12-32)40-39(45)47-36-27-41-22-19-31(36)20-23-41/h1-7,9-18,24-25,31,36-37H,8,19-23,26-28H2,(H,40,45)/t36-,37-/m0/s1. The minimum atomic E-state index is -0.410. The first-order valence-corrected chi connectivity index (χ1v) is 16.4. The van der Waals surface area contributed by atoms with Crippen molar-refractivity contribution in [3.63, 3.8) is 0 Å². The molecule has 8 nitrogen and oxygen atoms in total. The summed E-state index contributed by atoms with van der Waals surface area (Å²) in [4.78, 5) is 41.6. The maximum Gasteiger partial charge on any atom is 0.408 e. The van der Waals surface area contributed by atoms with Gasteiger partial charge in [0.25, 0.3) is 5.91 Å². The lowest BCUT2D eigenvalue weighted by Gasteiger charge is -2.43. The van der Waals surface area contributed by atoms with E-state index in [0.717, 1.165) is 61.0 Å². The van der Waals surface area contributed by atoms with Crippen LogP contribution in [0.4, 0.5) is 4.79 Å². The molecule has 3 saturated heterocycles. The van der Waals surface area contributed by atoms with Crippen molar-refractivity contribution in [3.8, 4) is 5.75 Å². The maximum atomic E-state index is 13.3. The highest BCUT2D eigenvalue weighted by molar-refractivity contribution is 5.94. The number of aldehydes is 1. The molecule has 3 fully saturated rings. The summed E-state index contributed by atoms with van der Waals surface area (Å²) >= 11 is 0. The summed E-state index contributed by atoms with van der Waals surface area (Å²) in [7, 11) is 0. The number of carbonyl (C=O) groups excluding carboxylic acids is 3. The van der Waals surface area contributed by atoms with Crippen LogP contribution in [0.2, 0.25) is 0 Å². The number of nitrogens with one attached hydrogen (secondary N) is 1.